The molecule has 2 aliphatic rings. The van der Waals surface area contributed by atoms with Crippen molar-refractivity contribution in [1.82, 2.24) is 9.80 Å². The van der Waals surface area contributed by atoms with E-state index in [1.54, 1.807) is 0 Å². The number of fused-ring (bicyclic) bond motifs is 1. The Bertz CT molecular complexity index is 291. The molecular formula is C14H27N3O. The molecule has 1 amide bonds. The molecule has 0 radical (unpaired) electrons. The van der Waals surface area contributed by atoms with Crippen molar-refractivity contribution < 1.29 is 4.79 Å². The van der Waals surface area contributed by atoms with Crippen LogP contribution < -0.4 is 5.73 Å². The molecule has 3 atom stereocenters. The molecule has 2 rings (SSSR count). The van der Waals surface area contributed by atoms with Gasteiger partial charge in [0.2, 0.25) is 5.91 Å². The summed E-state index contributed by atoms with van der Waals surface area (Å²) in [5, 5.41) is 0. The van der Waals surface area contributed by atoms with E-state index in [9.17, 15) is 4.79 Å². The zero-order chi connectivity index (χ0) is 13.1. The first-order valence-corrected chi connectivity index (χ1v) is 7.36. The van der Waals surface area contributed by atoms with E-state index in [1.165, 1.54) is 19.4 Å². The largest absolute Gasteiger partial charge is 0.342 e. The second-order valence-electron chi connectivity index (χ2n) is 5.86. The summed E-state index contributed by atoms with van der Waals surface area (Å²) in [6.07, 6.45) is 4.54. The minimum Gasteiger partial charge on any atom is -0.342 e. The molecule has 18 heavy (non-hydrogen) atoms. The lowest BCUT2D eigenvalue weighted by Gasteiger charge is -2.46. The molecule has 2 N–H and O–H groups in total. The van der Waals surface area contributed by atoms with Gasteiger partial charge in [0.1, 0.15) is 0 Å². The van der Waals surface area contributed by atoms with Crippen LogP contribution in [0, 0.1) is 11.8 Å². The number of rotatable bonds is 3. The molecule has 2 aliphatic heterocycles. The molecule has 0 bridgehead atoms. The van der Waals surface area contributed by atoms with Crippen LogP contribution in [0.5, 0.6) is 0 Å². The second kappa shape index (κ2) is 6.02. The molecule has 0 aliphatic carbocycles. The van der Waals surface area contributed by atoms with Crippen molar-refractivity contribution in [1.29, 1.82) is 0 Å². The Morgan fingerprint density at radius 3 is 2.83 bits per heavy atom. The van der Waals surface area contributed by atoms with Crippen LogP contribution >= 0.6 is 0 Å². The quantitative estimate of drug-likeness (QED) is 0.813. The molecule has 2 heterocycles. The van der Waals surface area contributed by atoms with Crippen LogP contribution in [-0.2, 0) is 4.79 Å². The monoisotopic (exact) mass is 253 g/mol. The highest BCUT2D eigenvalue weighted by atomic mass is 16.2. The maximum atomic E-state index is 12.3. The minimum atomic E-state index is 0.0304. The fraction of sp³-hybridized carbons (Fsp3) is 0.929. The molecule has 0 saturated carbocycles. The van der Waals surface area contributed by atoms with Crippen LogP contribution in [0.25, 0.3) is 0 Å². The molecule has 3 unspecified atom stereocenters. The zero-order valence-electron chi connectivity index (χ0n) is 11.8. The summed E-state index contributed by atoms with van der Waals surface area (Å²) in [5.41, 5.74) is 5.69. The maximum absolute atomic E-state index is 12.3. The standard InChI is InChI=1S/C14H27N3O/c1-3-11(9-15)14(18)17-8-6-13-12(10-17)5-4-7-16(13)2/h11-13H,3-10,15H2,1-2H3. The van der Waals surface area contributed by atoms with Crippen LogP contribution in [0.1, 0.15) is 32.6 Å². The summed E-state index contributed by atoms with van der Waals surface area (Å²) in [6, 6.07) is 0.695. The highest BCUT2D eigenvalue weighted by Gasteiger charge is 2.36. The van der Waals surface area contributed by atoms with Gasteiger partial charge in [0.05, 0.1) is 5.92 Å². The van der Waals surface area contributed by atoms with Gasteiger partial charge < -0.3 is 15.5 Å². The van der Waals surface area contributed by atoms with Gasteiger partial charge in [0.25, 0.3) is 0 Å². The Labute approximate surface area is 110 Å². The van der Waals surface area contributed by atoms with Gasteiger partial charge in [-0.1, -0.05) is 6.92 Å². The third-order valence-electron chi connectivity index (χ3n) is 4.78. The van der Waals surface area contributed by atoms with E-state index < -0.39 is 0 Å². The van der Waals surface area contributed by atoms with Crippen molar-refractivity contribution in [3.05, 3.63) is 0 Å². The van der Waals surface area contributed by atoms with E-state index in [0.29, 0.717) is 18.5 Å². The molecule has 4 nitrogen and oxygen atoms in total. The summed E-state index contributed by atoms with van der Waals surface area (Å²) in [6.45, 7) is 5.62. The van der Waals surface area contributed by atoms with E-state index in [4.69, 9.17) is 5.73 Å². The maximum Gasteiger partial charge on any atom is 0.226 e. The molecule has 0 aromatic heterocycles. The summed E-state index contributed by atoms with van der Waals surface area (Å²) < 4.78 is 0. The van der Waals surface area contributed by atoms with Crippen LogP contribution in [0.3, 0.4) is 0 Å². The van der Waals surface area contributed by atoms with Crippen LogP contribution in [0.15, 0.2) is 0 Å². The van der Waals surface area contributed by atoms with Crippen LogP contribution in [0.4, 0.5) is 0 Å². The summed E-state index contributed by atoms with van der Waals surface area (Å²) in [7, 11) is 2.23. The number of amides is 1. The number of hydrogen-bond acceptors (Lipinski definition) is 3. The molecule has 0 spiro atoms. The topological polar surface area (TPSA) is 49.6 Å². The molecule has 4 heteroatoms. The van der Waals surface area contributed by atoms with E-state index in [1.807, 2.05) is 0 Å². The molecule has 0 aromatic carbocycles. The predicted octanol–water partition coefficient (Wildman–Crippen LogP) is 0.914. The Morgan fingerprint density at radius 1 is 1.39 bits per heavy atom. The van der Waals surface area contributed by atoms with E-state index in [0.717, 1.165) is 25.9 Å². The first-order chi connectivity index (χ1) is 8.67. The van der Waals surface area contributed by atoms with Crippen molar-refractivity contribution in [2.75, 3.05) is 33.2 Å². The number of nitrogens with zero attached hydrogens (tertiary/aromatic N) is 2. The number of nitrogens with two attached hydrogens (primary N) is 1. The number of carbonyl (C=O) groups excluding carboxylic acids is 1. The normalized spacial score (nSPS) is 30.9. The lowest BCUT2D eigenvalue weighted by Crippen LogP contribution is -2.55. The van der Waals surface area contributed by atoms with Gasteiger partial charge in [-0.2, -0.15) is 0 Å². The zero-order valence-corrected chi connectivity index (χ0v) is 11.8. The summed E-state index contributed by atoms with van der Waals surface area (Å²) in [5.74, 6) is 0.992. The Morgan fingerprint density at radius 2 is 2.17 bits per heavy atom. The minimum absolute atomic E-state index is 0.0304. The van der Waals surface area contributed by atoms with Gasteiger partial charge in [-0.25, -0.2) is 0 Å². The molecule has 104 valence electrons. The van der Waals surface area contributed by atoms with Crippen molar-refractivity contribution in [2.24, 2.45) is 17.6 Å². The first kappa shape index (κ1) is 13.8. The van der Waals surface area contributed by atoms with Gasteiger partial charge in [-0.05, 0) is 45.2 Å². The van der Waals surface area contributed by atoms with Crippen LogP contribution in [-0.4, -0.2) is 55.0 Å². The lowest BCUT2D eigenvalue weighted by atomic mass is 9.83. The van der Waals surface area contributed by atoms with Gasteiger partial charge in [0, 0.05) is 25.7 Å². The molecular weight excluding hydrogens is 226 g/mol. The summed E-state index contributed by atoms with van der Waals surface area (Å²) in [4.78, 5) is 16.9. The van der Waals surface area contributed by atoms with Crippen LogP contribution in [0.2, 0.25) is 0 Å². The Hall–Kier alpha value is -0.610. The fourth-order valence-corrected chi connectivity index (χ4v) is 3.55. The van der Waals surface area contributed by atoms with E-state index >= 15 is 0 Å². The number of hydrogen-bond donors (Lipinski definition) is 1. The Balaban J connectivity index is 1.96. The highest BCUT2D eigenvalue weighted by molar-refractivity contribution is 5.79. The molecule has 0 aromatic rings. The van der Waals surface area contributed by atoms with Crippen molar-refractivity contribution >= 4 is 5.91 Å². The fourth-order valence-electron chi connectivity index (χ4n) is 3.55. The average Bonchev–Trinajstić information content (AvgIpc) is 2.40. The number of piperidine rings is 2. The lowest BCUT2D eigenvalue weighted by molar-refractivity contribution is -0.138. The molecule has 2 saturated heterocycles. The van der Waals surface area contributed by atoms with Gasteiger partial charge in [0.15, 0.2) is 0 Å². The Kier molecular flexibility index (Phi) is 4.62. The van der Waals surface area contributed by atoms with E-state index in [-0.39, 0.29) is 11.8 Å². The predicted molar refractivity (Wildman–Crippen MR) is 73.2 cm³/mol. The summed E-state index contributed by atoms with van der Waals surface area (Å²) >= 11 is 0. The van der Waals surface area contributed by atoms with Gasteiger partial charge >= 0.3 is 0 Å². The van der Waals surface area contributed by atoms with E-state index in [2.05, 4.69) is 23.8 Å². The van der Waals surface area contributed by atoms with Crippen molar-refractivity contribution in [3.63, 3.8) is 0 Å². The van der Waals surface area contributed by atoms with Crippen molar-refractivity contribution in [2.45, 2.75) is 38.6 Å². The third kappa shape index (κ3) is 2.69. The second-order valence-corrected chi connectivity index (χ2v) is 5.86. The average molecular weight is 253 g/mol. The SMILES string of the molecule is CCC(CN)C(=O)N1CCC2C(CCCN2C)C1. The number of likely N-dealkylation sites (tertiary alicyclic amines) is 2. The highest BCUT2D eigenvalue weighted by Crippen LogP contribution is 2.30. The molecule has 2 fully saturated rings. The van der Waals surface area contributed by atoms with Crippen molar-refractivity contribution in [3.8, 4) is 0 Å². The van der Waals surface area contributed by atoms with Gasteiger partial charge in [-0.3, -0.25) is 4.79 Å². The first-order valence-electron chi connectivity index (χ1n) is 7.36. The third-order valence-corrected chi connectivity index (χ3v) is 4.78. The number of carbonyl (C=O) groups is 1. The van der Waals surface area contributed by atoms with Gasteiger partial charge in [-0.15, -0.1) is 0 Å². The smallest absolute Gasteiger partial charge is 0.226 e.